The summed E-state index contributed by atoms with van der Waals surface area (Å²) in [6.07, 6.45) is 3.36. The van der Waals surface area contributed by atoms with Gasteiger partial charge in [0.25, 0.3) is 5.91 Å². The summed E-state index contributed by atoms with van der Waals surface area (Å²) in [4.78, 5) is 19.4. The van der Waals surface area contributed by atoms with Gasteiger partial charge in [-0.05, 0) is 32.0 Å². The van der Waals surface area contributed by atoms with Crippen LogP contribution in [-0.4, -0.2) is 15.9 Å². The summed E-state index contributed by atoms with van der Waals surface area (Å²) in [5.41, 5.74) is 1.42. The smallest absolute Gasteiger partial charge is 0.287 e. The van der Waals surface area contributed by atoms with Gasteiger partial charge in [0.05, 0.1) is 6.04 Å². The Hall–Kier alpha value is -2.27. The second-order valence-electron chi connectivity index (χ2n) is 4.87. The number of halogens is 1. The van der Waals surface area contributed by atoms with Gasteiger partial charge in [-0.15, -0.1) is 0 Å². The van der Waals surface area contributed by atoms with Gasteiger partial charge in [-0.25, -0.2) is 4.98 Å². The molecule has 0 bridgehead atoms. The lowest BCUT2D eigenvalue weighted by Crippen LogP contribution is -2.27. The number of H-pyrrole nitrogens is 1. The van der Waals surface area contributed by atoms with Crippen LogP contribution in [0, 0.1) is 6.92 Å². The third-order valence-electron chi connectivity index (χ3n) is 3.38. The Bertz CT molecular complexity index is 793. The van der Waals surface area contributed by atoms with E-state index < -0.39 is 0 Å². The fraction of sp³-hybridized carbons (Fsp3) is 0.200. The number of imidazole rings is 1. The molecular weight excluding hydrogens is 290 g/mol. The number of aromatic nitrogens is 2. The van der Waals surface area contributed by atoms with Crippen molar-refractivity contribution in [2.45, 2.75) is 19.9 Å². The van der Waals surface area contributed by atoms with Crippen LogP contribution in [0.15, 0.2) is 35.0 Å². The van der Waals surface area contributed by atoms with E-state index in [0.717, 1.165) is 10.9 Å². The SMILES string of the molecule is Cc1c(C(=O)NC(C)c2ncc[nH]2)oc2ccc(Cl)cc12. The maximum Gasteiger partial charge on any atom is 0.287 e. The molecule has 0 aliphatic carbocycles. The number of rotatable bonds is 3. The first-order valence-corrected chi connectivity index (χ1v) is 6.93. The predicted molar refractivity (Wildman–Crippen MR) is 80.4 cm³/mol. The number of carbonyl (C=O) groups is 1. The van der Waals surface area contributed by atoms with Crippen molar-refractivity contribution < 1.29 is 9.21 Å². The molecule has 0 spiro atoms. The number of fused-ring (bicyclic) bond motifs is 1. The molecule has 0 radical (unpaired) electrons. The monoisotopic (exact) mass is 303 g/mol. The second kappa shape index (κ2) is 5.26. The molecule has 2 heterocycles. The van der Waals surface area contributed by atoms with Crippen molar-refractivity contribution in [3.8, 4) is 0 Å². The summed E-state index contributed by atoms with van der Waals surface area (Å²) >= 11 is 5.98. The van der Waals surface area contributed by atoms with E-state index in [1.54, 1.807) is 30.6 Å². The fourth-order valence-electron chi connectivity index (χ4n) is 2.25. The normalized spacial score (nSPS) is 12.5. The summed E-state index contributed by atoms with van der Waals surface area (Å²) in [7, 11) is 0. The first kappa shape index (κ1) is 13.7. The van der Waals surface area contributed by atoms with Crippen LogP contribution in [0.4, 0.5) is 0 Å². The van der Waals surface area contributed by atoms with Gasteiger partial charge in [-0.1, -0.05) is 11.6 Å². The molecule has 3 rings (SSSR count). The fourth-order valence-corrected chi connectivity index (χ4v) is 2.43. The van der Waals surface area contributed by atoms with E-state index in [0.29, 0.717) is 22.2 Å². The lowest BCUT2D eigenvalue weighted by atomic mass is 10.1. The van der Waals surface area contributed by atoms with E-state index in [2.05, 4.69) is 15.3 Å². The zero-order valence-electron chi connectivity index (χ0n) is 11.6. The van der Waals surface area contributed by atoms with Gasteiger partial charge >= 0.3 is 0 Å². The summed E-state index contributed by atoms with van der Waals surface area (Å²) < 4.78 is 5.63. The molecule has 0 aliphatic rings. The minimum absolute atomic E-state index is 0.233. The molecule has 2 aromatic heterocycles. The third-order valence-corrected chi connectivity index (χ3v) is 3.62. The summed E-state index contributed by atoms with van der Waals surface area (Å²) in [5, 5.41) is 4.31. The summed E-state index contributed by atoms with van der Waals surface area (Å²) in [6, 6.07) is 5.06. The number of carbonyl (C=O) groups excluding carboxylic acids is 1. The highest BCUT2D eigenvalue weighted by Crippen LogP contribution is 2.28. The van der Waals surface area contributed by atoms with Crippen molar-refractivity contribution >= 4 is 28.5 Å². The van der Waals surface area contributed by atoms with Gasteiger partial charge in [-0.3, -0.25) is 4.79 Å². The molecule has 1 atom stereocenters. The van der Waals surface area contributed by atoms with Crippen molar-refractivity contribution in [2.24, 2.45) is 0 Å². The van der Waals surface area contributed by atoms with E-state index >= 15 is 0 Å². The molecule has 0 saturated heterocycles. The first-order chi connectivity index (χ1) is 10.1. The minimum Gasteiger partial charge on any atom is -0.451 e. The third kappa shape index (κ3) is 2.52. The lowest BCUT2D eigenvalue weighted by molar-refractivity contribution is 0.0911. The van der Waals surface area contributed by atoms with Crippen molar-refractivity contribution in [2.75, 3.05) is 0 Å². The number of aryl methyl sites for hydroxylation is 1. The second-order valence-corrected chi connectivity index (χ2v) is 5.30. The van der Waals surface area contributed by atoms with Crippen molar-refractivity contribution in [3.05, 3.63) is 52.8 Å². The van der Waals surface area contributed by atoms with Gasteiger partial charge < -0.3 is 14.7 Å². The number of nitrogens with zero attached hydrogens (tertiary/aromatic N) is 1. The highest BCUT2D eigenvalue weighted by molar-refractivity contribution is 6.31. The van der Waals surface area contributed by atoms with E-state index in [-0.39, 0.29) is 11.9 Å². The highest BCUT2D eigenvalue weighted by Gasteiger charge is 2.20. The van der Waals surface area contributed by atoms with E-state index in [1.807, 2.05) is 13.8 Å². The maximum atomic E-state index is 12.3. The van der Waals surface area contributed by atoms with Crippen LogP contribution in [0.5, 0.6) is 0 Å². The Balaban J connectivity index is 1.89. The quantitative estimate of drug-likeness (QED) is 0.776. The van der Waals surface area contributed by atoms with Gasteiger partial charge in [-0.2, -0.15) is 0 Å². The first-order valence-electron chi connectivity index (χ1n) is 6.55. The molecule has 3 aromatic rings. The predicted octanol–water partition coefficient (Wildman–Crippen LogP) is 3.61. The molecule has 6 heteroatoms. The number of hydrogen-bond acceptors (Lipinski definition) is 3. The lowest BCUT2D eigenvalue weighted by Gasteiger charge is -2.10. The number of aromatic amines is 1. The van der Waals surface area contributed by atoms with Crippen LogP contribution in [0.3, 0.4) is 0 Å². The molecule has 2 N–H and O–H groups in total. The Labute approximate surface area is 126 Å². The molecule has 1 unspecified atom stereocenters. The average Bonchev–Trinajstić information content (AvgIpc) is 3.08. The zero-order valence-corrected chi connectivity index (χ0v) is 12.4. The molecule has 108 valence electrons. The number of amides is 1. The molecule has 5 nitrogen and oxygen atoms in total. The number of benzene rings is 1. The maximum absolute atomic E-state index is 12.3. The number of hydrogen-bond donors (Lipinski definition) is 2. The molecule has 0 saturated carbocycles. The standard InChI is InChI=1S/C15H14ClN3O2/c1-8-11-7-10(16)3-4-12(11)21-13(8)15(20)19-9(2)14-17-5-6-18-14/h3-7,9H,1-2H3,(H,17,18)(H,19,20). The van der Waals surface area contributed by atoms with Gasteiger partial charge in [0.15, 0.2) is 5.76 Å². The molecule has 0 fully saturated rings. The zero-order chi connectivity index (χ0) is 15.0. The van der Waals surface area contributed by atoms with Gasteiger partial charge in [0.2, 0.25) is 0 Å². The topological polar surface area (TPSA) is 70.9 Å². The van der Waals surface area contributed by atoms with Crippen LogP contribution in [0.1, 0.15) is 34.9 Å². The molecule has 0 aliphatic heterocycles. The number of furan rings is 1. The number of nitrogens with one attached hydrogen (secondary N) is 2. The van der Waals surface area contributed by atoms with Crippen LogP contribution in [0.25, 0.3) is 11.0 Å². The Morgan fingerprint density at radius 1 is 1.48 bits per heavy atom. The van der Waals surface area contributed by atoms with E-state index in [9.17, 15) is 4.79 Å². The van der Waals surface area contributed by atoms with Crippen molar-refractivity contribution in [1.29, 1.82) is 0 Å². The summed E-state index contributed by atoms with van der Waals surface area (Å²) in [5.74, 6) is 0.717. The van der Waals surface area contributed by atoms with Crippen LogP contribution in [-0.2, 0) is 0 Å². The largest absolute Gasteiger partial charge is 0.451 e. The van der Waals surface area contributed by atoms with Gasteiger partial charge in [0, 0.05) is 28.4 Å². The highest BCUT2D eigenvalue weighted by atomic mass is 35.5. The average molecular weight is 304 g/mol. The van der Waals surface area contributed by atoms with E-state index in [1.165, 1.54) is 0 Å². The van der Waals surface area contributed by atoms with Crippen LogP contribution >= 0.6 is 11.6 Å². The Kier molecular flexibility index (Phi) is 3.43. The molecule has 21 heavy (non-hydrogen) atoms. The molecule has 1 aromatic carbocycles. The molecular formula is C15H14ClN3O2. The Morgan fingerprint density at radius 3 is 3.00 bits per heavy atom. The van der Waals surface area contributed by atoms with Crippen molar-refractivity contribution in [1.82, 2.24) is 15.3 Å². The summed E-state index contributed by atoms with van der Waals surface area (Å²) in [6.45, 7) is 3.69. The molecule has 1 amide bonds. The Morgan fingerprint density at radius 2 is 2.29 bits per heavy atom. The van der Waals surface area contributed by atoms with E-state index in [4.69, 9.17) is 16.0 Å². The van der Waals surface area contributed by atoms with Crippen molar-refractivity contribution in [3.63, 3.8) is 0 Å². The van der Waals surface area contributed by atoms with Gasteiger partial charge in [0.1, 0.15) is 11.4 Å². The van der Waals surface area contributed by atoms with Crippen LogP contribution < -0.4 is 5.32 Å². The minimum atomic E-state index is -0.274. The van der Waals surface area contributed by atoms with Crippen LogP contribution in [0.2, 0.25) is 5.02 Å².